The first kappa shape index (κ1) is 15.4. The van der Waals surface area contributed by atoms with Gasteiger partial charge in [-0.3, -0.25) is 14.6 Å². The summed E-state index contributed by atoms with van der Waals surface area (Å²) in [5.41, 5.74) is 3.37. The molecule has 0 aliphatic carbocycles. The van der Waals surface area contributed by atoms with Crippen LogP contribution in [0, 0.1) is 5.82 Å². The maximum atomic E-state index is 12.9. The standard InChI is InChI=1S/C18H19FN4/c1-22(11-16-3-2-8-20-9-16)12-17-10-21-23(14-17)13-15-4-6-18(19)7-5-15/h2-10,14H,11-13H2,1H3. The highest BCUT2D eigenvalue weighted by atomic mass is 19.1. The number of halogens is 1. The van der Waals surface area contributed by atoms with Gasteiger partial charge in [0.15, 0.2) is 0 Å². The molecule has 0 saturated heterocycles. The zero-order valence-corrected chi connectivity index (χ0v) is 13.1. The number of aromatic nitrogens is 3. The average molecular weight is 310 g/mol. The molecule has 23 heavy (non-hydrogen) atoms. The first-order chi connectivity index (χ1) is 11.2. The Balaban J connectivity index is 1.57. The van der Waals surface area contributed by atoms with Gasteiger partial charge in [-0.15, -0.1) is 0 Å². The average Bonchev–Trinajstić information content (AvgIpc) is 2.97. The van der Waals surface area contributed by atoms with E-state index in [1.807, 2.05) is 29.3 Å². The van der Waals surface area contributed by atoms with Crippen LogP contribution in [0.2, 0.25) is 0 Å². The van der Waals surface area contributed by atoms with E-state index in [-0.39, 0.29) is 5.82 Å². The molecule has 3 aromatic rings. The molecule has 0 fully saturated rings. The van der Waals surface area contributed by atoms with Crippen LogP contribution >= 0.6 is 0 Å². The third-order valence-corrected chi connectivity index (χ3v) is 3.57. The molecule has 0 bridgehead atoms. The second-order valence-corrected chi connectivity index (χ2v) is 5.71. The van der Waals surface area contributed by atoms with E-state index in [0.717, 1.165) is 24.2 Å². The van der Waals surface area contributed by atoms with Gasteiger partial charge in [0.05, 0.1) is 12.7 Å². The van der Waals surface area contributed by atoms with Crippen LogP contribution < -0.4 is 0 Å². The van der Waals surface area contributed by atoms with Crippen molar-refractivity contribution in [2.24, 2.45) is 0 Å². The molecule has 118 valence electrons. The SMILES string of the molecule is CN(Cc1cccnc1)Cc1cnn(Cc2ccc(F)cc2)c1. The summed E-state index contributed by atoms with van der Waals surface area (Å²) in [7, 11) is 2.07. The minimum atomic E-state index is -0.216. The molecule has 2 aromatic heterocycles. The lowest BCUT2D eigenvalue weighted by atomic mass is 10.2. The van der Waals surface area contributed by atoms with Crippen LogP contribution in [0.3, 0.4) is 0 Å². The summed E-state index contributed by atoms with van der Waals surface area (Å²) in [4.78, 5) is 6.35. The highest BCUT2D eigenvalue weighted by molar-refractivity contribution is 5.17. The Hall–Kier alpha value is -2.53. The normalized spacial score (nSPS) is 11.1. The van der Waals surface area contributed by atoms with Crippen LogP contribution in [0.5, 0.6) is 0 Å². The molecule has 0 saturated carbocycles. The van der Waals surface area contributed by atoms with Crippen molar-refractivity contribution in [1.29, 1.82) is 0 Å². The quantitative estimate of drug-likeness (QED) is 0.701. The fourth-order valence-electron chi connectivity index (χ4n) is 2.52. The highest BCUT2D eigenvalue weighted by Gasteiger charge is 2.05. The number of hydrogen-bond acceptors (Lipinski definition) is 3. The third-order valence-electron chi connectivity index (χ3n) is 3.57. The van der Waals surface area contributed by atoms with Gasteiger partial charge >= 0.3 is 0 Å². The van der Waals surface area contributed by atoms with Crippen LogP contribution in [-0.4, -0.2) is 26.7 Å². The maximum absolute atomic E-state index is 12.9. The molecule has 2 heterocycles. The van der Waals surface area contributed by atoms with E-state index < -0.39 is 0 Å². The molecular formula is C18H19FN4. The van der Waals surface area contributed by atoms with Gasteiger partial charge in [0.25, 0.3) is 0 Å². The van der Waals surface area contributed by atoms with Crippen molar-refractivity contribution < 1.29 is 4.39 Å². The minimum Gasteiger partial charge on any atom is -0.298 e. The van der Waals surface area contributed by atoms with Crippen molar-refractivity contribution in [2.45, 2.75) is 19.6 Å². The lowest BCUT2D eigenvalue weighted by Gasteiger charge is -2.15. The molecule has 0 atom stereocenters. The number of hydrogen-bond donors (Lipinski definition) is 0. The molecular weight excluding hydrogens is 291 g/mol. The summed E-state index contributed by atoms with van der Waals surface area (Å²) in [5.74, 6) is -0.216. The number of pyridine rings is 1. The van der Waals surface area contributed by atoms with Crippen LogP contribution in [0.4, 0.5) is 4.39 Å². The predicted molar refractivity (Wildman–Crippen MR) is 87.1 cm³/mol. The lowest BCUT2D eigenvalue weighted by molar-refractivity contribution is 0.318. The Labute approximate surface area is 135 Å². The van der Waals surface area contributed by atoms with E-state index in [0.29, 0.717) is 6.54 Å². The molecule has 1 aromatic carbocycles. The molecule has 0 radical (unpaired) electrons. The van der Waals surface area contributed by atoms with Crippen LogP contribution in [-0.2, 0) is 19.6 Å². The van der Waals surface area contributed by atoms with Gasteiger partial charge in [-0.05, 0) is 36.4 Å². The molecule has 0 aliphatic rings. The summed E-state index contributed by atoms with van der Waals surface area (Å²) in [5, 5.41) is 4.38. The van der Waals surface area contributed by atoms with Gasteiger partial charge in [-0.1, -0.05) is 18.2 Å². The second-order valence-electron chi connectivity index (χ2n) is 5.71. The molecule has 0 unspecified atom stereocenters. The summed E-state index contributed by atoms with van der Waals surface area (Å²) in [6.07, 6.45) is 7.57. The first-order valence-corrected chi connectivity index (χ1v) is 7.52. The van der Waals surface area contributed by atoms with Crippen molar-refractivity contribution in [3.8, 4) is 0 Å². The lowest BCUT2D eigenvalue weighted by Crippen LogP contribution is -2.17. The highest BCUT2D eigenvalue weighted by Crippen LogP contribution is 2.09. The largest absolute Gasteiger partial charge is 0.298 e. The number of benzene rings is 1. The van der Waals surface area contributed by atoms with Gasteiger partial charge in [-0.2, -0.15) is 5.10 Å². The Morgan fingerprint density at radius 3 is 2.52 bits per heavy atom. The zero-order chi connectivity index (χ0) is 16.1. The van der Waals surface area contributed by atoms with Crippen molar-refractivity contribution in [3.63, 3.8) is 0 Å². The van der Waals surface area contributed by atoms with E-state index in [1.165, 1.54) is 17.7 Å². The van der Waals surface area contributed by atoms with E-state index in [9.17, 15) is 4.39 Å². The molecule has 0 amide bonds. The van der Waals surface area contributed by atoms with Gasteiger partial charge in [0, 0.05) is 37.2 Å². The molecule has 4 nitrogen and oxygen atoms in total. The first-order valence-electron chi connectivity index (χ1n) is 7.52. The van der Waals surface area contributed by atoms with Crippen molar-refractivity contribution >= 4 is 0 Å². The topological polar surface area (TPSA) is 34.0 Å². The van der Waals surface area contributed by atoms with Gasteiger partial charge in [0.2, 0.25) is 0 Å². The van der Waals surface area contributed by atoms with E-state index in [4.69, 9.17) is 0 Å². The fraction of sp³-hybridized carbons (Fsp3) is 0.222. The molecule has 0 aliphatic heterocycles. The number of rotatable bonds is 6. The van der Waals surface area contributed by atoms with E-state index in [1.54, 1.807) is 18.3 Å². The Bertz CT molecular complexity index is 737. The van der Waals surface area contributed by atoms with Gasteiger partial charge in [-0.25, -0.2) is 4.39 Å². The Morgan fingerprint density at radius 1 is 1.00 bits per heavy atom. The van der Waals surface area contributed by atoms with E-state index in [2.05, 4.69) is 28.1 Å². The minimum absolute atomic E-state index is 0.216. The third kappa shape index (κ3) is 4.47. The Kier molecular flexibility index (Phi) is 4.78. The molecule has 0 spiro atoms. The molecule has 3 rings (SSSR count). The van der Waals surface area contributed by atoms with Crippen LogP contribution in [0.25, 0.3) is 0 Å². The summed E-state index contributed by atoms with van der Waals surface area (Å²) < 4.78 is 14.8. The summed E-state index contributed by atoms with van der Waals surface area (Å²) >= 11 is 0. The zero-order valence-electron chi connectivity index (χ0n) is 13.1. The van der Waals surface area contributed by atoms with Crippen molar-refractivity contribution in [1.82, 2.24) is 19.7 Å². The van der Waals surface area contributed by atoms with Crippen LogP contribution in [0.15, 0.2) is 61.2 Å². The summed E-state index contributed by atoms with van der Waals surface area (Å²) in [6, 6.07) is 10.5. The van der Waals surface area contributed by atoms with Crippen molar-refractivity contribution in [2.75, 3.05) is 7.05 Å². The van der Waals surface area contributed by atoms with Gasteiger partial charge in [0.1, 0.15) is 5.82 Å². The second kappa shape index (κ2) is 7.15. The van der Waals surface area contributed by atoms with Crippen molar-refractivity contribution in [3.05, 3.63) is 83.7 Å². The smallest absolute Gasteiger partial charge is 0.123 e. The maximum Gasteiger partial charge on any atom is 0.123 e. The fourth-order valence-corrected chi connectivity index (χ4v) is 2.52. The molecule has 0 N–H and O–H groups in total. The Morgan fingerprint density at radius 2 is 1.78 bits per heavy atom. The summed E-state index contributed by atoms with van der Waals surface area (Å²) in [6.45, 7) is 2.31. The van der Waals surface area contributed by atoms with E-state index >= 15 is 0 Å². The monoisotopic (exact) mass is 310 g/mol. The van der Waals surface area contributed by atoms with Gasteiger partial charge < -0.3 is 0 Å². The number of nitrogens with zero attached hydrogens (tertiary/aromatic N) is 4. The predicted octanol–water partition coefficient (Wildman–Crippen LogP) is 3.10. The molecule has 5 heteroatoms. The van der Waals surface area contributed by atoms with Crippen LogP contribution in [0.1, 0.15) is 16.7 Å².